The fourth-order valence-electron chi connectivity index (χ4n) is 4.28. The van der Waals surface area contributed by atoms with E-state index >= 15 is 0 Å². The van der Waals surface area contributed by atoms with E-state index in [1.54, 1.807) is 11.3 Å². The summed E-state index contributed by atoms with van der Waals surface area (Å²) in [5.41, 5.74) is 2.16. The molecule has 2 heterocycles. The average molecular weight is 474 g/mol. The summed E-state index contributed by atoms with van der Waals surface area (Å²) >= 11 is 5.32. The van der Waals surface area contributed by atoms with Crippen LogP contribution in [0.25, 0.3) is 10.1 Å². The Morgan fingerprint density at radius 3 is 2.90 bits per heavy atom. The molecule has 0 spiro atoms. The van der Waals surface area contributed by atoms with E-state index in [9.17, 15) is 9.90 Å². The molecule has 0 amide bonds. The minimum absolute atomic E-state index is 0.174. The highest BCUT2D eigenvalue weighted by Gasteiger charge is 2.37. The maximum Gasteiger partial charge on any atom is 0.320 e. The van der Waals surface area contributed by atoms with Gasteiger partial charge in [-0.05, 0) is 66.9 Å². The number of hydrogen-bond acceptors (Lipinski definition) is 4. The predicted octanol–water partition coefficient (Wildman–Crippen LogP) is 6.09. The van der Waals surface area contributed by atoms with E-state index in [1.165, 1.54) is 10.1 Å². The van der Waals surface area contributed by atoms with Gasteiger partial charge in [-0.15, -0.1) is 11.3 Å². The van der Waals surface area contributed by atoms with Crippen LogP contribution in [0.1, 0.15) is 43.4 Å². The van der Waals surface area contributed by atoms with Crippen LogP contribution in [0.4, 0.5) is 0 Å². The zero-order valence-corrected chi connectivity index (χ0v) is 18.7. The van der Waals surface area contributed by atoms with Crippen LogP contribution in [0.15, 0.2) is 52.3 Å². The van der Waals surface area contributed by atoms with Gasteiger partial charge in [0, 0.05) is 14.7 Å². The molecule has 0 aliphatic carbocycles. The van der Waals surface area contributed by atoms with Crippen molar-refractivity contribution in [2.45, 2.75) is 38.3 Å². The summed E-state index contributed by atoms with van der Waals surface area (Å²) in [6.45, 7) is 3.29. The molecular weight excluding hydrogens is 450 g/mol. The molecule has 1 aliphatic rings. The molecule has 1 fully saturated rings. The lowest BCUT2D eigenvalue weighted by Crippen LogP contribution is -2.46. The number of carboxylic acid groups (broad SMARTS) is 1. The maximum absolute atomic E-state index is 12.1. The number of carboxylic acids is 1. The molecule has 6 heteroatoms. The lowest BCUT2D eigenvalue weighted by atomic mass is 9.91. The van der Waals surface area contributed by atoms with Gasteiger partial charge in [0.1, 0.15) is 11.8 Å². The van der Waals surface area contributed by atoms with Gasteiger partial charge in [0.2, 0.25) is 0 Å². The van der Waals surface area contributed by atoms with Crippen molar-refractivity contribution in [3.8, 4) is 5.75 Å². The standard InChI is InChI=1S/C23H24BrNO3S/c1-2-28-20-11-10-15(24)13-17(20)22(25-12-6-5-8-19(25)23(26)27)18-14-29-21-9-4-3-7-16(18)21/h3-4,7,9-11,13-14,19,22H,2,5-6,8,12H2,1H3,(H,26,27). The number of halogens is 1. The van der Waals surface area contributed by atoms with E-state index in [4.69, 9.17) is 4.74 Å². The predicted molar refractivity (Wildman–Crippen MR) is 121 cm³/mol. The molecule has 4 nitrogen and oxygen atoms in total. The quantitative estimate of drug-likeness (QED) is 0.470. The zero-order chi connectivity index (χ0) is 20.4. The monoisotopic (exact) mass is 473 g/mol. The summed E-state index contributed by atoms with van der Waals surface area (Å²) in [6.07, 6.45) is 2.62. The molecule has 4 rings (SSSR count). The molecule has 2 aromatic carbocycles. The van der Waals surface area contributed by atoms with Crippen LogP contribution in [-0.4, -0.2) is 35.2 Å². The molecule has 2 unspecified atom stereocenters. The van der Waals surface area contributed by atoms with E-state index in [0.717, 1.165) is 40.7 Å². The molecule has 1 aliphatic heterocycles. The number of fused-ring (bicyclic) bond motifs is 1. The van der Waals surface area contributed by atoms with Crippen molar-refractivity contribution in [2.24, 2.45) is 0 Å². The van der Waals surface area contributed by atoms with Crippen LogP contribution >= 0.6 is 27.3 Å². The van der Waals surface area contributed by atoms with Crippen molar-refractivity contribution in [1.29, 1.82) is 0 Å². The number of piperidine rings is 1. The molecule has 3 aromatic rings. The van der Waals surface area contributed by atoms with E-state index in [2.05, 4.69) is 44.4 Å². The number of aliphatic carboxylic acids is 1. The lowest BCUT2D eigenvalue weighted by Gasteiger charge is -2.40. The van der Waals surface area contributed by atoms with Crippen LogP contribution in [-0.2, 0) is 4.79 Å². The number of thiophene rings is 1. The smallest absolute Gasteiger partial charge is 0.320 e. The Hall–Kier alpha value is -1.89. The zero-order valence-electron chi connectivity index (χ0n) is 16.3. The van der Waals surface area contributed by atoms with E-state index < -0.39 is 12.0 Å². The van der Waals surface area contributed by atoms with Crippen molar-refractivity contribution >= 4 is 43.3 Å². The summed E-state index contributed by atoms with van der Waals surface area (Å²) in [5.74, 6) is 0.0629. The van der Waals surface area contributed by atoms with Gasteiger partial charge in [-0.3, -0.25) is 9.69 Å². The third kappa shape index (κ3) is 4.06. The first-order valence-corrected chi connectivity index (χ1v) is 11.6. The van der Waals surface area contributed by atoms with Gasteiger partial charge in [-0.1, -0.05) is 40.5 Å². The molecular formula is C23H24BrNO3S. The normalized spacial score (nSPS) is 18.6. The number of hydrogen-bond donors (Lipinski definition) is 1. The molecule has 2 atom stereocenters. The molecule has 0 bridgehead atoms. The summed E-state index contributed by atoms with van der Waals surface area (Å²) in [4.78, 5) is 14.3. The van der Waals surface area contributed by atoms with Crippen LogP contribution in [0.3, 0.4) is 0 Å². The highest BCUT2D eigenvalue weighted by Crippen LogP contribution is 2.43. The lowest BCUT2D eigenvalue weighted by molar-refractivity contribution is -0.145. The first-order valence-electron chi connectivity index (χ1n) is 9.97. The number of benzene rings is 2. The van der Waals surface area contributed by atoms with Gasteiger partial charge in [-0.25, -0.2) is 0 Å². The first kappa shape index (κ1) is 20.4. The Balaban J connectivity index is 1.93. The highest BCUT2D eigenvalue weighted by atomic mass is 79.9. The molecule has 29 heavy (non-hydrogen) atoms. The Bertz CT molecular complexity index is 1020. The van der Waals surface area contributed by atoms with E-state index in [0.29, 0.717) is 13.0 Å². The average Bonchev–Trinajstić information content (AvgIpc) is 3.14. The third-order valence-corrected chi connectivity index (χ3v) is 7.01. The number of rotatable bonds is 6. The minimum atomic E-state index is -0.748. The van der Waals surface area contributed by atoms with Crippen molar-refractivity contribution in [3.05, 3.63) is 63.4 Å². The number of carbonyl (C=O) groups is 1. The Morgan fingerprint density at radius 1 is 1.28 bits per heavy atom. The van der Waals surface area contributed by atoms with E-state index in [-0.39, 0.29) is 6.04 Å². The van der Waals surface area contributed by atoms with Gasteiger partial charge < -0.3 is 9.84 Å². The SMILES string of the molecule is CCOc1ccc(Br)cc1C(c1csc2ccccc12)N1CCCCC1C(=O)O. The van der Waals surface area contributed by atoms with Crippen LogP contribution in [0, 0.1) is 0 Å². The van der Waals surface area contributed by atoms with Gasteiger partial charge in [0.25, 0.3) is 0 Å². The van der Waals surface area contributed by atoms with Gasteiger partial charge >= 0.3 is 5.97 Å². The molecule has 1 N–H and O–H groups in total. The van der Waals surface area contributed by atoms with Gasteiger partial charge in [-0.2, -0.15) is 0 Å². The third-order valence-electron chi connectivity index (χ3n) is 5.53. The van der Waals surface area contributed by atoms with Gasteiger partial charge in [0.15, 0.2) is 0 Å². The molecule has 1 saturated heterocycles. The Kier molecular flexibility index (Phi) is 6.23. The van der Waals surface area contributed by atoms with Crippen molar-refractivity contribution < 1.29 is 14.6 Å². The summed E-state index contributed by atoms with van der Waals surface area (Å²) in [6, 6.07) is 13.7. The molecule has 0 radical (unpaired) electrons. The van der Waals surface area contributed by atoms with Crippen molar-refractivity contribution in [2.75, 3.05) is 13.2 Å². The number of ether oxygens (including phenoxy) is 1. The van der Waals surface area contributed by atoms with Crippen LogP contribution < -0.4 is 4.74 Å². The fraction of sp³-hybridized carbons (Fsp3) is 0.348. The fourth-order valence-corrected chi connectivity index (χ4v) is 5.64. The topological polar surface area (TPSA) is 49.8 Å². The highest BCUT2D eigenvalue weighted by molar-refractivity contribution is 9.10. The second-order valence-electron chi connectivity index (χ2n) is 7.29. The van der Waals surface area contributed by atoms with Crippen molar-refractivity contribution in [1.82, 2.24) is 4.90 Å². The second-order valence-corrected chi connectivity index (χ2v) is 9.12. The minimum Gasteiger partial charge on any atom is -0.494 e. The summed E-state index contributed by atoms with van der Waals surface area (Å²) in [7, 11) is 0. The first-order chi connectivity index (χ1) is 14.1. The van der Waals surface area contributed by atoms with Gasteiger partial charge in [0.05, 0.1) is 12.6 Å². The summed E-state index contributed by atoms with van der Waals surface area (Å²) < 4.78 is 8.15. The van der Waals surface area contributed by atoms with Crippen LogP contribution in [0.5, 0.6) is 5.75 Å². The number of likely N-dealkylation sites (tertiary alicyclic amines) is 1. The molecule has 1 aromatic heterocycles. The molecule has 0 saturated carbocycles. The Labute approximate surface area is 183 Å². The second kappa shape index (κ2) is 8.86. The Morgan fingerprint density at radius 2 is 2.10 bits per heavy atom. The molecule has 152 valence electrons. The largest absolute Gasteiger partial charge is 0.494 e. The number of nitrogens with zero attached hydrogens (tertiary/aromatic N) is 1. The maximum atomic E-state index is 12.1. The van der Waals surface area contributed by atoms with Crippen LogP contribution in [0.2, 0.25) is 0 Å². The van der Waals surface area contributed by atoms with E-state index in [1.807, 2.05) is 31.2 Å². The van der Waals surface area contributed by atoms with Crippen molar-refractivity contribution in [3.63, 3.8) is 0 Å². The summed E-state index contributed by atoms with van der Waals surface area (Å²) in [5, 5.41) is 13.3.